The van der Waals surface area contributed by atoms with E-state index in [4.69, 9.17) is 0 Å². The Kier molecular flexibility index (Phi) is 6.28. The third-order valence-electron chi connectivity index (χ3n) is 7.55. The highest BCUT2D eigenvalue weighted by molar-refractivity contribution is 8.06. The molecule has 1 aliphatic carbocycles. The van der Waals surface area contributed by atoms with Crippen molar-refractivity contribution in [3.8, 4) is 0 Å². The number of nitrogens with zero attached hydrogens (tertiary/aromatic N) is 1. The Balaban J connectivity index is 1.62. The van der Waals surface area contributed by atoms with E-state index in [2.05, 4.69) is 116 Å². The van der Waals surface area contributed by atoms with Gasteiger partial charge >= 0.3 is 0 Å². The molecule has 2 atom stereocenters. The number of para-hydroxylation sites is 1. The third-order valence-corrected chi connectivity index (χ3v) is 9.45. The summed E-state index contributed by atoms with van der Waals surface area (Å²) in [6.07, 6.45) is 7.45. The smallest absolute Gasteiger partial charge is 0.0716 e. The molecule has 1 aromatic carbocycles. The zero-order valence-corrected chi connectivity index (χ0v) is 23.0. The minimum absolute atomic E-state index is 0.0476. The second kappa shape index (κ2) is 8.43. The molecule has 1 fully saturated rings. The number of allylic oxidation sites excluding steroid dienone is 6. The third kappa shape index (κ3) is 4.34. The quantitative estimate of drug-likeness (QED) is 0.490. The van der Waals surface area contributed by atoms with Crippen molar-refractivity contribution in [2.75, 3.05) is 11.9 Å². The summed E-state index contributed by atoms with van der Waals surface area (Å²) in [6.45, 7) is 17.9. The Morgan fingerprint density at radius 1 is 0.853 bits per heavy atom. The van der Waals surface area contributed by atoms with Gasteiger partial charge in [0.15, 0.2) is 0 Å². The van der Waals surface area contributed by atoms with Gasteiger partial charge in [0.2, 0.25) is 0 Å². The van der Waals surface area contributed by atoms with Crippen LogP contribution >= 0.6 is 11.8 Å². The molecule has 2 unspecified atom stereocenters. The molecule has 0 amide bonds. The maximum atomic E-state index is 11.1. The Morgan fingerprint density at radius 2 is 1.35 bits per heavy atom. The van der Waals surface area contributed by atoms with Crippen LogP contribution in [0, 0.1) is 22.7 Å². The number of hydrogen-bond donors (Lipinski definition) is 2. The van der Waals surface area contributed by atoms with Gasteiger partial charge in [0.25, 0.3) is 0 Å². The molecule has 2 aliphatic heterocycles. The number of likely N-dealkylation sites (N-methyl/N-ethyl adjacent to an activating group) is 1. The van der Waals surface area contributed by atoms with Crippen LogP contribution < -0.4 is 4.90 Å². The summed E-state index contributed by atoms with van der Waals surface area (Å²) in [5.41, 5.74) is 4.64. The van der Waals surface area contributed by atoms with E-state index in [0.717, 1.165) is 11.3 Å². The van der Waals surface area contributed by atoms with Gasteiger partial charge in [-0.1, -0.05) is 97.5 Å². The first-order chi connectivity index (χ1) is 15.6. The molecule has 3 aliphatic rings. The molecule has 0 radical (unpaired) electrons. The van der Waals surface area contributed by atoms with E-state index < -0.39 is 12.2 Å². The maximum absolute atomic E-state index is 11.1. The summed E-state index contributed by atoms with van der Waals surface area (Å²) in [6, 6.07) is 8.45. The van der Waals surface area contributed by atoms with Crippen LogP contribution in [0.3, 0.4) is 0 Å². The van der Waals surface area contributed by atoms with Crippen molar-refractivity contribution in [2.45, 2.75) is 73.0 Å². The minimum atomic E-state index is -0.601. The molecule has 34 heavy (non-hydrogen) atoms. The van der Waals surface area contributed by atoms with E-state index in [1.165, 1.54) is 21.1 Å². The maximum Gasteiger partial charge on any atom is 0.0716 e. The minimum Gasteiger partial charge on any atom is -0.392 e. The Morgan fingerprint density at radius 3 is 1.85 bits per heavy atom. The van der Waals surface area contributed by atoms with Crippen molar-refractivity contribution in [2.24, 2.45) is 22.7 Å². The number of rotatable bonds is 2. The first-order valence-electron chi connectivity index (χ1n) is 12.4. The molecule has 2 heterocycles. The predicted octanol–water partition coefficient (Wildman–Crippen LogP) is 6.80. The topological polar surface area (TPSA) is 43.7 Å². The number of benzene rings is 1. The van der Waals surface area contributed by atoms with Crippen LogP contribution in [0.5, 0.6) is 0 Å². The number of aliphatic hydroxyl groups excluding tert-OH is 2. The van der Waals surface area contributed by atoms with Crippen LogP contribution in [0.25, 0.3) is 0 Å². The van der Waals surface area contributed by atoms with E-state index in [0.29, 0.717) is 0 Å². The fourth-order valence-corrected chi connectivity index (χ4v) is 6.47. The molecule has 1 saturated carbocycles. The van der Waals surface area contributed by atoms with Crippen LogP contribution in [0.4, 0.5) is 5.69 Å². The van der Waals surface area contributed by atoms with E-state index >= 15 is 0 Å². The second-order valence-electron chi connectivity index (χ2n) is 12.7. The monoisotopic (exact) mass is 479 g/mol. The lowest BCUT2D eigenvalue weighted by molar-refractivity contribution is -0.110. The summed E-state index contributed by atoms with van der Waals surface area (Å²) in [5.74, 6) is -0.546. The molecule has 0 bridgehead atoms. The van der Waals surface area contributed by atoms with Crippen molar-refractivity contribution in [3.63, 3.8) is 0 Å². The molecule has 1 aromatic rings. The van der Waals surface area contributed by atoms with Crippen molar-refractivity contribution < 1.29 is 10.2 Å². The highest BCUT2D eigenvalue weighted by Crippen LogP contribution is 2.51. The highest BCUT2D eigenvalue weighted by Gasteiger charge is 2.49. The lowest BCUT2D eigenvalue weighted by Crippen LogP contribution is -2.54. The first-order valence-corrected chi connectivity index (χ1v) is 13.2. The predicted molar refractivity (Wildman–Crippen MR) is 146 cm³/mol. The van der Waals surface area contributed by atoms with Gasteiger partial charge in [-0.05, 0) is 50.0 Å². The van der Waals surface area contributed by atoms with Crippen molar-refractivity contribution in [1.29, 1.82) is 0 Å². The lowest BCUT2D eigenvalue weighted by atomic mass is 9.67. The largest absolute Gasteiger partial charge is 0.392 e. The fraction of sp³-hybridized carbons (Fsp3) is 0.533. The average molecular weight is 480 g/mol. The van der Waals surface area contributed by atoms with Crippen LogP contribution in [-0.4, -0.2) is 29.5 Å². The SMILES string of the molecule is CN1C(=CC2C(O)C(C=C3C=C(C(C)(C)C)SC(C(C)(C)C)=C3)C2O)C(C)(C)c2ccccc21. The molecule has 184 valence electrons. The van der Waals surface area contributed by atoms with Crippen LogP contribution in [-0.2, 0) is 5.41 Å². The number of aliphatic hydroxyl groups is 2. The number of anilines is 1. The fourth-order valence-electron chi connectivity index (χ4n) is 5.23. The van der Waals surface area contributed by atoms with Crippen LogP contribution in [0.2, 0.25) is 0 Å². The molecular formula is C30H41NO2S. The van der Waals surface area contributed by atoms with Crippen LogP contribution in [0.1, 0.15) is 61.0 Å². The van der Waals surface area contributed by atoms with Gasteiger partial charge in [-0.2, -0.15) is 0 Å². The number of hydrogen-bond acceptors (Lipinski definition) is 4. The summed E-state index contributed by atoms with van der Waals surface area (Å²) in [7, 11) is 2.08. The lowest BCUT2D eigenvalue weighted by Gasteiger charge is -2.45. The Bertz CT molecular complexity index is 1050. The summed E-state index contributed by atoms with van der Waals surface area (Å²) in [5, 5.41) is 22.3. The molecular weight excluding hydrogens is 438 g/mol. The van der Waals surface area contributed by atoms with E-state index in [9.17, 15) is 10.2 Å². The number of thioether (sulfide) groups is 1. The average Bonchev–Trinajstić information content (AvgIpc) is 2.94. The zero-order valence-electron chi connectivity index (χ0n) is 22.2. The van der Waals surface area contributed by atoms with Gasteiger partial charge in [-0.25, -0.2) is 0 Å². The van der Waals surface area contributed by atoms with E-state index in [-0.39, 0.29) is 28.1 Å². The van der Waals surface area contributed by atoms with Gasteiger partial charge in [-0.3, -0.25) is 0 Å². The van der Waals surface area contributed by atoms with Gasteiger partial charge < -0.3 is 15.1 Å². The molecule has 4 rings (SSSR count). The first kappa shape index (κ1) is 25.3. The van der Waals surface area contributed by atoms with E-state index in [1.807, 2.05) is 11.8 Å². The molecule has 0 spiro atoms. The summed E-state index contributed by atoms with van der Waals surface area (Å²) < 4.78 is 0. The molecule has 3 nitrogen and oxygen atoms in total. The summed E-state index contributed by atoms with van der Waals surface area (Å²) in [4.78, 5) is 4.84. The number of fused-ring (bicyclic) bond motifs is 1. The zero-order chi connectivity index (χ0) is 25.2. The highest BCUT2D eigenvalue weighted by atomic mass is 32.2. The molecule has 0 saturated heterocycles. The standard InChI is InChI=1S/C30H41NO2S/c1-28(2,3)24-15-18(16-25(34-24)29(4,5)6)14-19-26(32)20(27(19)33)17-23-30(7,8)21-12-10-11-13-22(21)31(23)9/h10-17,19-20,26-27,32-33H,1-9H3. The van der Waals surface area contributed by atoms with Gasteiger partial charge in [0, 0.05) is 35.7 Å². The molecule has 0 aromatic heterocycles. The molecule has 4 heteroatoms. The Hall–Kier alpha value is -1.75. The van der Waals surface area contributed by atoms with Crippen molar-refractivity contribution in [1.82, 2.24) is 0 Å². The normalized spacial score (nSPS) is 30.0. The van der Waals surface area contributed by atoms with E-state index in [1.54, 1.807) is 0 Å². The van der Waals surface area contributed by atoms with Gasteiger partial charge in [0.05, 0.1) is 12.2 Å². The Labute approximate surface area is 210 Å². The summed E-state index contributed by atoms with van der Waals surface area (Å²) >= 11 is 1.86. The van der Waals surface area contributed by atoms with Crippen molar-refractivity contribution >= 4 is 17.4 Å². The van der Waals surface area contributed by atoms with Crippen LogP contribution in [0.15, 0.2) is 69.6 Å². The van der Waals surface area contributed by atoms with Gasteiger partial charge in [-0.15, -0.1) is 0 Å². The second-order valence-corrected chi connectivity index (χ2v) is 13.8. The van der Waals surface area contributed by atoms with Crippen molar-refractivity contribution in [3.05, 3.63) is 75.2 Å². The molecule has 2 N–H and O–H groups in total. The van der Waals surface area contributed by atoms with Gasteiger partial charge in [0.1, 0.15) is 0 Å².